The number of hydrogen-bond acceptors (Lipinski definition) is 11. The Morgan fingerprint density at radius 2 is 1.54 bits per heavy atom. The van der Waals surface area contributed by atoms with Crippen LogP contribution in [0.15, 0.2) is 73.2 Å². The van der Waals surface area contributed by atoms with Gasteiger partial charge in [-0.05, 0) is 107 Å². The van der Waals surface area contributed by atoms with E-state index in [4.69, 9.17) is 9.72 Å². The fourth-order valence-electron chi connectivity index (χ4n) is 8.99. The van der Waals surface area contributed by atoms with Gasteiger partial charge < -0.3 is 14.5 Å². The molecule has 1 atom stereocenters. The molecule has 0 radical (unpaired) electrons. The number of rotatable bonds is 7. The fraction of sp³-hybridized carbons (Fsp3) is 0.400. The molecule has 3 saturated heterocycles. The van der Waals surface area contributed by atoms with Gasteiger partial charge in [0, 0.05) is 86.3 Å². The predicted molar refractivity (Wildman–Crippen MR) is 223 cm³/mol. The number of piperidine rings is 2. The topological polar surface area (TPSA) is 150 Å². The maximum Gasteiger partial charge on any atom is 0.419 e. The number of carbonyl (C=O) groups is 5. The summed E-state index contributed by atoms with van der Waals surface area (Å²) >= 11 is 0. The number of amides is 4. The summed E-state index contributed by atoms with van der Waals surface area (Å²) in [5, 5.41) is 4.08. The van der Waals surface area contributed by atoms with E-state index in [1.807, 2.05) is 51.2 Å². The van der Waals surface area contributed by atoms with Crippen LogP contribution in [0.5, 0.6) is 0 Å². The molecule has 1 unspecified atom stereocenters. The number of anilines is 2. The van der Waals surface area contributed by atoms with Crippen molar-refractivity contribution in [1.82, 2.24) is 29.7 Å². The van der Waals surface area contributed by atoms with Crippen LogP contribution in [-0.4, -0.2) is 112 Å². The summed E-state index contributed by atoms with van der Waals surface area (Å²) in [6.07, 6.45) is 8.58. The molecule has 9 rings (SSSR count). The molecule has 0 bridgehead atoms. The van der Waals surface area contributed by atoms with Crippen LogP contribution in [-0.2, 0) is 14.3 Å². The Kier molecular flexibility index (Phi) is 9.90. The highest BCUT2D eigenvalue weighted by Crippen LogP contribution is 2.35. The number of hydrogen-bond donors (Lipinski definition) is 1. The van der Waals surface area contributed by atoms with E-state index in [0.717, 1.165) is 114 Å². The zero-order chi connectivity index (χ0) is 41.0. The lowest BCUT2D eigenvalue weighted by Gasteiger charge is -2.38. The van der Waals surface area contributed by atoms with Crippen molar-refractivity contribution in [1.29, 1.82) is 0 Å². The van der Waals surface area contributed by atoms with E-state index in [0.29, 0.717) is 17.0 Å². The molecule has 4 aliphatic heterocycles. The van der Waals surface area contributed by atoms with Crippen molar-refractivity contribution >= 4 is 63.0 Å². The zero-order valence-electron chi connectivity index (χ0n) is 33.6. The lowest BCUT2D eigenvalue weighted by molar-refractivity contribution is -0.136. The van der Waals surface area contributed by atoms with Crippen molar-refractivity contribution in [2.75, 3.05) is 55.6 Å². The number of carbonyl (C=O) groups excluding carboxylic acids is 5. The number of nitrogens with zero attached hydrogens (tertiary/aromatic N) is 7. The van der Waals surface area contributed by atoms with Crippen molar-refractivity contribution in [2.45, 2.75) is 64.5 Å². The number of imide groups is 2. The minimum atomic E-state index is -0.968. The van der Waals surface area contributed by atoms with Crippen molar-refractivity contribution in [3.05, 3.63) is 84.3 Å². The van der Waals surface area contributed by atoms with Gasteiger partial charge in [0.15, 0.2) is 0 Å². The third-order valence-electron chi connectivity index (χ3n) is 12.2. The number of pyridine rings is 2. The Balaban J connectivity index is 0.768. The van der Waals surface area contributed by atoms with Crippen molar-refractivity contribution in [3.8, 4) is 11.1 Å². The zero-order valence-corrected chi connectivity index (χ0v) is 33.6. The highest BCUT2D eigenvalue weighted by atomic mass is 16.6. The molecule has 2 aromatic carbocycles. The second-order valence-corrected chi connectivity index (χ2v) is 17.1. The highest BCUT2D eigenvalue weighted by molar-refractivity contribution is 6.23. The van der Waals surface area contributed by atoms with Crippen LogP contribution in [0, 0.1) is 5.92 Å². The average molecular weight is 797 g/mol. The van der Waals surface area contributed by atoms with Gasteiger partial charge in [0.05, 0.1) is 22.2 Å². The Labute approximate surface area is 342 Å². The lowest BCUT2D eigenvalue weighted by Crippen LogP contribution is -2.54. The van der Waals surface area contributed by atoms with Crippen molar-refractivity contribution in [3.63, 3.8) is 0 Å². The van der Waals surface area contributed by atoms with E-state index in [1.54, 1.807) is 29.1 Å². The van der Waals surface area contributed by atoms with E-state index >= 15 is 0 Å². The Morgan fingerprint density at radius 1 is 0.780 bits per heavy atom. The summed E-state index contributed by atoms with van der Waals surface area (Å²) < 4.78 is 7.42. The number of benzene rings is 2. The molecule has 3 aromatic heterocycles. The Morgan fingerprint density at radius 3 is 2.27 bits per heavy atom. The third kappa shape index (κ3) is 7.41. The van der Waals surface area contributed by atoms with Crippen LogP contribution in [0.1, 0.15) is 73.6 Å². The van der Waals surface area contributed by atoms with Gasteiger partial charge in [0.25, 0.3) is 11.8 Å². The minimum absolute atomic E-state index is 0.0961. The summed E-state index contributed by atoms with van der Waals surface area (Å²) in [5.41, 5.74) is 4.34. The third-order valence-corrected chi connectivity index (χ3v) is 12.2. The largest absolute Gasteiger partial charge is 0.443 e. The van der Waals surface area contributed by atoms with Crippen LogP contribution in [0.4, 0.5) is 16.3 Å². The van der Waals surface area contributed by atoms with E-state index in [2.05, 4.69) is 43.2 Å². The van der Waals surface area contributed by atoms with Crippen LogP contribution in [0.25, 0.3) is 32.9 Å². The fourth-order valence-corrected chi connectivity index (χ4v) is 8.99. The minimum Gasteiger partial charge on any atom is -0.443 e. The molecule has 14 nitrogen and oxygen atoms in total. The van der Waals surface area contributed by atoms with Gasteiger partial charge in [-0.3, -0.25) is 39.3 Å². The summed E-state index contributed by atoms with van der Waals surface area (Å²) in [7, 11) is 0. The molecule has 3 fully saturated rings. The summed E-state index contributed by atoms with van der Waals surface area (Å²) in [6.45, 7) is 12.0. The molecule has 7 heterocycles. The SMILES string of the molecule is CC(C)(C)OC(=O)n1c2ccncc2c2ccc(-c3ccc(N4CCC(CCN5CCN(c6ccc7c(c6)C(=O)N(C6CCC(=O)NC6=O)C7=O)CC5)CC4)nc3)cc21. The maximum absolute atomic E-state index is 13.4. The molecule has 4 aliphatic rings. The van der Waals surface area contributed by atoms with Crippen LogP contribution >= 0.6 is 0 Å². The van der Waals surface area contributed by atoms with Crippen LogP contribution < -0.4 is 15.1 Å². The molecule has 0 spiro atoms. The van der Waals surface area contributed by atoms with Crippen molar-refractivity contribution in [2.24, 2.45) is 5.92 Å². The summed E-state index contributed by atoms with van der Waals surface area (Å²) in [5.74, 6) is -0.332. The van der Waals surface area contributed by atoms with Gasteiger partial charge in [0.1, 0.15) is 17.5 Å². The van der Waals surface area contributed by atoms with Crippen LogP contribution in [0.2, 0.25) is 0 Å². The first-order valence-corrected chi connectivity index (χ1v) is 20.6. The molecule has 14 heteroatoms. The molecule has 304 valence electrons. The first kappa shape index (κ1) is 38.4. The van der Waals surface area contributed by atoms with Gasteiger partial charge in [-0.1, -0.05) is 12.1 Å². The first-order chi connectivity index (χ1) is 28.4. The molecule has 59 heavy (non-hydrogen) atoms. The average Bonchev–Trinajstić information content (AvgIpc) is 3.69. The lowest BCUT2D eigenvalue weighted by atomic mass is 9.93. The monoisotopic (exact) mass is 796 g/mol. The number of aromatic nitrogens is 3. The molecule has 0 aliphatic carbocycles. The van der Waals surface area contributed by atoms with Gasteiger partial charge in [-0.25, -0.2) is 14.3 Å². The van der Waals surface area contributed by atoms with E-state index in [-0.39, 0.29) is 18.7 Å². The van der Waals surface area contributed by atoms with Crippen LogP contribution in [0.3, 0.4) is 0 Å². The van der Waals surface area contributed by atoms with Crippen molar-refractivity contribution < 1.29 is 28.7 Å². The maximum atomic E-state index is 13.4. The smallest absolute Gasteiger partial charge is 0.419 e. The second kappa shape index (κ2) is 15.2. The molecule has 4 amide bonds. The molecule has 1 N–H and O–H groups in total. The number of ether oxygens (including phenoxy) is 1. The van der Waals surface area contributed by atoms with Gasteiger partial charge in [-0.15, -0.1) is 0 Å². The highest BCUT2D eigenvalue weighted by Gasteiger charge is 2.45. The first-order valence-electron chi connectivity index (χ1n) is 20.6. The summed E-state index contributed by atoms with van der Waals surface area (Å²) in [6, 6.07) is 16.6. The normalized spacial score (nSPS) is 19.5. The quantitative estimate of drug-likeness (QED) is 0.197. The Bertz CT molecular complexity index is 2490. The predicted octanol–water partition coefficient (Wildman–Crippen LogP) is 5.86. The molecular weight excluding hydrogens is 749 g/mol. The van der Waals surface area contributed by atoms with Gasteiger partial charge in [-0.2, -0.15) is 0 Å². The van der Waals surface area contributed by atoms with E-state index < -0.39 is 35.5 Å². The van der Waals surface area contributed by atoms with Gasteiger partial charge in [0.2, 0.25) is 11.8 Å². The Hall–Kier alpha value is -6.15. The number of piperazine rings is 1. The molecule has 5 aromatic rings. The number of fused-ring (bicyclic) bond motifs is 4. The summed E-state index contributed by atoms with van der Waals surface area (Å²) in [4.78, 5) is 81.3. The van der Waals surface area contributed by atoms with E-state index in [1.165, 1.54) is 0 Å². The number of nitrogens with one attached hydrogen (secondary N) is 1. The molecule has 0 saturated carbocycles. The van der Waals surface area contributed by atoms with Gasteiger partial charge >= 0.3 is 6.09 Å². The molecular formula is C45H48N8O6. The second-order valence-electron chi connectivity index (χ2n) is 17.1. The standard InChI is InChI=1S/C45H48N8O6/c1-45(2,3)59-44(58)52-36-12-16-46-27-35(36)32-7-4-29(24-38(32)52)30-5-10-39(47-26-30)51-18-14-28(15-19-51)13-17-49-20-22-50(23-21-49)31-6-8-33-34(25-31)43(57)53(42(33)56)37-9-11-40(54)48-41(37)55/h4-8,10,12,16,24-28,37H,9,11,13-15,17-23H2,1-3H3,(H,48,54,55). The van der Waals surface area contributed by atoms with E-state index in [9.17, 15) is 24.0 Å².